The molecule has 0 radical (unpaired) electrons. The fourth-order valence-electron chi connectivity index (χ4n) is 1.34. The molecule has 1 rings (SSSR count). The van der Waals surface area contributed by atoms with Gasteiger partial charge in [-0.15, -0.1) is 13.2 Å². The maximum Gasteiger partial charge on any atom is 0.574 e. The van der Waals surface area contributed by atoms with Crippen LogP contribution in [0, 0.1) is 0 Å². The van der Waals surface area contributed by atoms with Gasteiger partial charge in [0.05, 0.1) is 11.1 Å². The SMILES string of the molecule is NCc1cnc(OC(F)(F)F)c(C=O)c1C(F)(F)F. The molecule has 0 unspecified atom stereocenters. The molecule has 0 aromatic carbocycles. The lowest BCUT2D eigenvalue weighted by Crippen LogP contribution is -2.22. The number of carbonyl (C=O) groups excluding carboxylic acids is 1. The number of hydrogen-bond donors (Lipinski definition) is 1. The van der Waals surface area contributed by atoms with E-state index in [-0.39, 0.29) is 0 Å². The highest BCUT2D eigenvalue weighted by atomic mass is 19.4. The van der Waals surface area contributed by atoms with E-state index in [0.29, 0.717) is 6.20 Å². The molecule has 0 aliphatic rings. The first kappa shape index (κ1) is 15.2. The van der Waals surface area contributed by atoms with E-state index < -0.39 is 47.9 Å². The molecule has 0 aliphatic carbocycles. The van der Waals surface area contributed by atoms with Crippen LogP contribution in [0.25, 0.3) is 0 Å². The zero-order chi connectivity index (χ0) is 14.8. The Hall–Kier alpha value is -1.84. The van der Waals surface area contributed by atoms with Gasteiger partial charge in [0.25, 0.3) is 0 Å². The summed E-state index contributed by atoms with van der Waals surface area (Å²) in [4.78, 5) is 13.6. The maximum atomic E-state index is 12.7. The number of nitrogens with two attached hydrogens (primary N) is 1. The van der Waals surface area contributed by atoms with Gasteiger partial charge in [0, 0.05) is 12.7 Å². The summed E-state index contributed by atoms with van der Waals surface area (Å²) in [6, 6.07) is 0. The van der Waals surface area contributed by atoms with E-state index in [9.17, 15) is 31.1 Å². The molecule has 1 aromatic heterocycles. The van der Waals surface area contributed by atoms with Crippen LogP contribution in [0.5, 0.6) is 5.88 Å². The van der Waals surface area contributed by atoms with Crippen LogP contribution in [0.1, 0.15) is 21.5 Å². The topological polar surface area (TPSA) is 65.2 Å². The third-order valence-electron chi connectivity index (χ3n) is 1.99. The standard InChI is InChI=1S/C9H6F6N2O2/c10-8(11,12)6-4(1-16)2-17-7(5(6)3-18)19-9(13,14)15/h2-3H,1,16H2. The third-order valence-corrected chi connectivity index (χ3v) is 1.99. The zero-order valence-electron chi connectivity index (χ0n) is 8.97. The van der Waals surface area contributed by atoms with Crippen LogP contribution in [0.3, 0.4) is 0 Å². The van der Waals surface area contributed by atoms with E-state index in [1.165, 1.54) is 0 Å². The van der Waals surface area contributed by atoms with E-state index >= 15 is 0 Å². The van der Waals surface area contributed by atoms with Gasteiger partial charge in [-0.1, -0.05) is 0 Å². The van der Waals surface area contributed by atoms with Crippen molar-refractivity contribution in [2.24, 2.45) is 5.73 Å². The number of nitrogens with zero attached hydrogens (tertiary/aromatic N) is 1. The molecule has 0 bridgehead atoms. The number of carbonyl (C=O) groups is 1. The number of ether oxygens (including phenoxy) is 1. The molecule has 0 amide bonds. The smallest absolute Gasteiger partial charge is 0.387 e. The zero-order valence-corrected chi connectivity index (χ0v) is 8.97. The highest BCUT2D eigenvalue weighted by Crippen LogP contribution is 2.37. The summed E-state index contributed by atoms with van der Waals surface area (Å²) in [6.07, 6.45) is -10.2. The number of hydrogen-bond acceptors (Lipinski definition) is 4. The van der Waals surface area contributed by atoms with Crippen molar-refractivity contribution in [3.05, 3.63) is 22.9 Å². The predicted octanol–water partition coefficient (Wildman–Crippen LogP) is 2.27. The molecular formula is C9H6F6N2O2. The minimum Gasteiger partial charge on any atom is -0.387 e. The Morgan fingerprint density at radius 2 is 1.84 bits per heavy atom. The van der Waals surface area contributed by atoms with Crippen LogP contribution < -0.4 is 10.5 Å². The second-order valence-electron chi connectivity index (χ2n) is 3.24. The van der Waals surface area contributed by atoms with Crippen molar-refractivity contribution in [2.75, 3.05) is 0 Å². The largest absolute Gasteiger partial charge is 0.574 e. The summed E-state index contributed by atoms with van der Waals surface area (Å²) in [5.74, 6) is -1.47. The van der Waals surface area contributed by atoms with Crippen molar-refractivity contribution in [1.82, 2.24) is 4.98 Å². The van der Waals surface area contributed by atoms with Gasteiger partial charge in [0.15, 0.2) is 6.29 Å². The number of pyridine rings is 1. The molecule has 1 aromatic rings. The molecule has 10 heteroatoms. The van der Waals surface area contributed by atoms with Crippen LogP contribution in [-0.2, 0) is 12.7 Å². The molecular weight excluding hydrogens is 282 g/mol. The highest BCUT2D eigenvalue weighted by Gasteiger charge is 2.40. The van der Waals surface area contributed by atoms with Crippen LogP contribution >= 0.6 is 0 Å². The van der Waals surface area contributed by atoms with Crippen LogP contribution in [0.15, 0.2) is 6.20 Å². The van der Waals surface area contributed by atoms with E-state index in [1.54, 1.807) is 0 Å². The molecule has 0 atom stereocenters. The van der Waals surface area contributed by atoms with Gasteiger partial charge >= 0.3 is 12.5 Å². The fraction of sp³-hybridized carbons (Fsp3) is 0.333. The summed E-state index contributed by atoms with van der Waals surface area (Å²) in [6.45, 7) is -0.644. The summed E-state index contributed by atoms with van der Waals surface area (Å²) in [7, 11) is 0. The van der Waals surface area contributed by atoms with Gasteiger partial charge in [-0.3, -0.25) is 4.79 Å². The Bertz CT molecular complexity index is 483. The minimum atomic E-state index is -5.27. The van der Waals surface area contributed by atoms with Gasteiger partial charge in [0.2, 0.25) is 5.88 Å². The fourth-order valence-corrected chi connectivity index (χ4v) is 1.34. The van der Waals surface area contributed by atoms with E-state index in [1.807, 2.05) is 0 Å². The molecule has 0 saturated heterocycles. The van der Waals surface area contributed by atoms with Crippen molar-refractivity contribution < 1.29 is 35.9 Å². The van der Waals surface area contributed by atoms with Crippen molar-refractivity contribution in [3.63, 3.8) is 0 Å². The lowest BCUT2D eigenvalue weighted by molar-refractivity contribution is -0.276. The molecule has 106 valence electrons. The number of aldehydes is 1. The van der Waals surface area contributed by atoms with Crippen molar-refractivity contribution in [2.45, 2.75) is 19.1 Å². The maximum absolute atomic E-state index is 12.7. The molecule has 2 N–H and O–H groups in total. The number of halogens is 6. The molecule has 19 heavy (non-hydrogen) atoms. The van der Waals surface area contributed by atoms with Gasteiger partial charge in [-0.25, -0.2) is 4.98 Å². The van der Waals surface area contributed by atoms with Crippen LogP contribution in [0.4, 0.5) is 26.3 Å². The average molecular weight is 288 g/mol. The Morgan fingerprint density at radius 1 is 1.26 bits per heavy atom. The first-order chi connectivity index (χ1) is 8.60. The van der Waals surface area contributed by atoms with Crippen LogP contribution in [-0.4, -0.2) is 17.6 Å². The quantitative estimate of drug-likeness (QED) is 0.684. The first-order valence-electron chi connectivity index (χ1n) is 4.60. The van der Waals surface area contributed by atoms with Gasteiger partial charge in [-0.2, -0.15) is 13.2 Å². The summed E-state index contributed by atoms with van der Waals surface area (Å²) in [5.41, 5.74) is 1.50. The lowest BCUT2D eigenvalue weighted by atomic mass is 10.0. The Morgan fingerprint density at radius 3 is 2.21 bits per heavy atom. The molecule has 4 nitrogen and oxygen atoms in total. The Kier molecular flexibility index (Phi) is 4.03. The van der Waals surface area contributed by atoms with E-state index in [0.717, 1.165) is 0 Å². The normalized spacial score (nSPS) is 12.4. The number of alkyl halides is 6. The van der Waals surface area contributed by atoms with Crippen molar-refractivity contribution in [3.8, 4) is 5.88 Å². The molecule has 0 fully saturated rings. The summed E-state index contributed by atoms with van der Waals surface area (Å²) in [5, 5.41) is 0. The van der Waals surface area contributed by atoms with Gasteiger partial charge in [0.1, 0.15) is 0 Å². The highest BCUT2D eigenvalue weighted by molar-refractivity contribution is 5.81. The van der Waals surface area contributed by atoms with E-state index in [4.69, 9.17) is 5.73 Å². The lowest BCUT2D eigenvalue weighted by Gasteiger charge is -2.17. The summed E-state index contributed by atoms with van der Waals surface area (Å²) < 4.78 is 77.4. The minimum absolute atomic E-state index is 0.407. The number of aromatic nitrogens is 1. The summed E-state index contributed by atoms with van der Waals surface area (Å²) >= 11 is 0. The average Bonchev–Trinajstić information content (AvgIpc) is 2.25. The molecule has 0 spiro atoms. The van der Waals surface area contributed by atoms with Crippen molar-refractivity contribution >= 4 is 6.29 Å². The Labute approximate surface area is 102 Å². The third kappa shape index (κ3) is 3.56. The molecule has 0 aliphatic heterocycles. The van der Waals surface area contributed by atoms with Crippen LogP contribution in [0.2, 0.25) is 0 Å². The second-order valence-corrected chi connectivity index (χ2v) is 3.24. The molecule has 1 heterocycles. The predicted molar refractivity (Wildman–Crippen MR) is 49.2 cm³/mol. The van der Waals surface area contributed by atoms with Crippen molar-refractivity contribution in [1.29, 1.82) is 0 Å². The Balaban J connectivity index is 3.49. The van der Waals surface area contributed by atoms with E-state index in [2.05, 4.69) is 9.72 Å². The van der Waals surface area contributed by atoms with Gasteiger partial charge in [-0.05, 0) is 5.56 Å². The monoisotopic (exact) mass is 288 g/mol. The van der Waals surface area contributed by atoms with Gasteiger partial charge < -0.3 is 10.5 Å². The second kappa shape index (κ2) is 5.03. The molecule has 0 saturated carbocycles. The number of rotatable bonds is 3. The first-order valence-corrected chi connectivity index (χ1v) is 4.60.